The second-order valence-electron chi connectivity index (χ2n) is 7.29. The Hall–Kier alpha value is -2.71. The molecule has 34 heavy (non-hydrogen) atoms. The zero-order chi connectivity index (χ0) is 25.9. The number of hydrogen-bond acceptors (Lipinski definition) is 6. The molecule has 0 spiro atoms. The van der Waals surface area contributed by atoms with Crippen LogP contribution in [-0.4, -0.2) is 94.2 Å². The molecule has 0 aromatic carbocycles. The minimum absolute atomic E-state index is 0.382. The minimum atomic E-state index is -5.08. The molecule has 2 saturated heterocycles. The zero-order valence-electron chi connectivity index (χ0n) is 17.9. The van der Waals surface area contributed by atoms with Gasteiger partial charge < -0.3 is 14.9 Å². The van der Waals surface area contributed by atoms with E-state index in [1.54, 1.807) is 0 Å². The summed E-state index contributed by atoms with van der Waals surface area (Å²) >= 11 is 0. The van der Waals surface area contributed by atoms with Gasteiger partial charge in [0.05, 0.1) is 18.4 Å². The SMILES string of the molecule is C=CCO[C@@H]1C[C@H]2CN(Cc3ccccn3)CCN2C1.O=C(O)C(F)(F)F.O=C(O)C(F)(F)F. The molecule has 0 saturated carbocycles. The van der Waals surface area contributed by atoms with Gasteiger partial charge >= 0.3 is 24.3 Å². The lowest BCUT2D eigenvalue weighted by Gasteiger charge is -2.37. The minimum Gasteiger partial charge on any atom is -0.475 e. The van der Waals surface area contributed by atoms with Crippen molar-refractivity contribution in [2.75, 3.05) is 32.8 Å². The Morgan fingerprint density at radius 2 is 1.68 bits per heavy atom. The van der Waals surface area contributed by atoms with Crippen LogP contribution in [0, 0.1) is 0 Å². The number of alkyl halides is 6. The van der Waals surface area contributed by atoms with E-state index in [0.29, 0.717) is 18.8 Å². The molecule has 2 aliphatic heterocycles. The average Bonchev–Trinajstić information content (AvgIpc) is 3.14. The molecule has 0 bridgehead atoms. The van der Waals surface area contributed by atoms with Gasteiger partial charge in [-0.25, -0.2) is 9.59 Å². The number of nitrogens with zero attached hydrogens (tertiary/aromatic N) is 3. The number of aromatic nitrogens is 1. The standard InChI is InChI=1S/C16H23N3O.2C2HF3O2/c1-2-9-20-16-10-15-12-18(7-8-19(15)13-16)11-14-5-3-4-6-17-14;2*3-2(4,5)1(6)7/h2-6,15-16H,1,7-13H2;2*(H,6,7)/t15-,16+;;/m0../s1. The molecule has 3 rings (SSSR count). The fourth-order valence-electron chi connectivity index (χ4n) is 3.25. The van der Waals surface area contributed by atoms with E-state index in [0.717, 1.165) is 39.1 Å². The predicted octanol–water partition coefficient (Wildman–Crippen LogP) is 2.81. The lowest BCUT2D eigenvalue weighted by atomic mass is 10.1. The number of aliphatic carboxylic acids is 2. The lowest BCUT2D eigenvalue weighted by Crippen LogP contribution is -2.49. The fraction of sp³-hybridized carbons (Fsp3) is 0.550. The molecule has 0 aliphatic carbocycles. The Balaban J connectivity index is 0.000000343. The summed E-state index contributed by atoms with van der Waals surface area (Å²) in [6.45, 7) is 9.83. The van der Waals surface area contributed by atoms with Crippen molar-refractivity contribution in [3.63, 3.8) is 0 Å². The van der Waals surface area contributed by atoms with Crippen LogP contribution in [0.3, 0.4) is 0 Å². The van der Waals surface area contributed by atoms with Crippen LogP contribution in [0.1, 0.15) is 12.1 Å². The topological polar surface area (TPSA) is 103 Å². The van der Waals surface area contributed by atoms with Gasteiger partial charge in [0.2, 0.25) is 0 Å². The Morgan fingerprint density at radius 1 is 1.09 bits per heavy atom. The number of carboxylic acids is 2. The van der Waals surface area contributed by atoms with Crippen molar-refractivity contribution in [2.45, 2.75) is 37.5 Å². The largest absolute Gasteiger partial charge is 0.490 e. The van der Waals surface area contributed by atoms with E-state index in [1.807, 2.05) is 18.3 Å². The van der Waals surface area contributed by atoms with Crippen LogP contribution in [0.15, 0.2) is 37.1 Å². The molecular formula is C20H25F6N3O5. The van der Waals surface area contributed by atoms with Gasteiger partial charge in [0, 0.05) is 45.0 Å². The summed E-state index contributed by atoms with van der Waals surface area (Å²) in [5.41, 5.74) is 1.17. The summed E-state index contributed by atoms with van der Waals surface area (Å²) in [7, 11) is 0. The number of piperazine rings is 1. The van der Waals surface area contributed by atoms with Crippen LogP contribution >= 0.6 is 0 Å². The molecule has 1 aromatic heterocycles. The third kappa shape index (κ3) is 10.9. The van der Waals surface area contributed by atoms with Gasteiger partial charge in [-0.1, -0.05) is 12.1 Å². The van der Waals surface area contributed by atoms with Crippen molar-refractivity contribution in [2.24, 2.45) is 0 Å². The van der Waals surface area contributed by atoms with Crippen LogP contribution in [-0.2, 0) is 20.9 Å². The van der Waals surface area contributed by atoms with E-state index < -0.39 is 24.3 Å². The van der Waals surface area contributed by atoms with Crippen LogP contribution in [0.25, 0.3) is 0 Å². The van der Waals surface area contributed by atoms with E-state index in [1.165, 1.54) is 5.69 Å². The molecule has 0 unspecified atom stereocenters. The first-order valence-corrected chi connectivity index (χ1v) is 9.93. The van der Waals surface area contributed by atoms with Gasteiger partial charge in [-0.3, -0.25) is 14.8 Å². The van der Waals surface area contributed by atoms with Crippen molar-refractivity contribution in [1.29, 1.82) is 0 Å². The first-order valence-electron chi connectivity index (χ1n) is 9.93. The highest BCUT2D eigenvalue weighted by Gasteiger charge is 2.39. The maximum absolute atomic E-state index is 10.6. The molecule has 2 atom stereocenters. The highest BCUT2D eigenvalue weighted by molar-refractivity contribution is 5.73. The zero-order valence-corrected chi connectivity index (χ0v) is 17.9. The fourth-order valence-corrected chi connectivity index (χ4v) is 3.25. The third-order valence-corrected chi connectivity index (χ3v) is 4.71. The number of carboxylic acid groups (broad SMARTS) is 2. The predicted molar refractivity (Wildman–Crippen MR) is 107 cm³/mol. The molecule has 2 aliphatic rings. The number of pyridine rings is 1. The maximum Gasteiger partial charge on any atom is 0.490 e. The average molecular weight is 501 g/mol. The van der Waals surface area contributed by atoms with Crippen LogP contribution < -0.4 is 0 Å². The molecular weight excluding hydrogens is 476 g/mol. The molecule has 2 fully saturated rings. The summed E-state index contributed by atoms with van der Waals surface area (Å²) in [5.74, 6) is -5.51. The summed E-state index contributed by atoms with van der Waals surface area (Å²) in [6, 6.07) is 6.78. The maximum atomic E-state index is 10.6. The molecule has 1 aromatic rings. The van der Waals surface area contributed by atoms with Gasteiger partial charge in [0.25, 0.3) is 0 Å². The van der Waals surface area contributed by atoms with Gasteiger partial charge in [-0.05, 0) is 18.6 Å². The summed E-state index contributed by atoms with van der Waals surface area (Å²) in [5, 5.41) is 14.2. The number of carbonyl (C=O) groups is 2. The normalized spacial score (nSPS) is 20.8. The quantitative estimate of drug-likeness (QED) is 0.469. The molecule has 0 amide bonds. The second kappa shape index (κ2) is 13.2. The molecule has 0 radical (unpaired) electrons. The molecule has 2 N–H and O–H groups in total. The summed E-state index contributed by atoms with van der Waals surface area (Å²) in [4.78, 5) is 27.3. The van der Waals surface area contributed by atoms with Crippen molar-refractivity contribution in [1.82, 2.24) is 14.8 Å². The Labute approximate surface area is 191 Å². The van der Waals surface area contributed by atoms with E-state index in [9.17, 15) is 26.3 Å². The Morgan fingerprint density at radius 3 is 2.15 bits per heavy atom. The van der Waals surface area contributed by atoms with E-state index in [4.69, 9.17) is 24.5 Å². The van der Waals surface area contributed by atoms with Gasteiger partial charge in [0.15, 0.2) is 0 Å². The van der Waals surface area contributed by atoms with E-state index in [-0.39, 0.29) is 0 Å². The number of rotatable bonds is 5. The smallest absolute Gasteiger partial charge is 0.475 e. The number of fused-ring (bicyclic) bond motifs is 1. The highest BCUT2D eigenvalue weighted by atomic mass is 19.4. The van der Waals surface area contributed by atoms with Crippen molar-refractivity contribution >= 4 is 11.9 Å². The van der Waals surface area contributed by atoms with Crippen LogP contribution in [0.2, 0.25) is 0 Å². The van der Waals surface area contributed by atoms with Gasteiger partial charge in [-0.15, -0.1) is 6.58 Å². The van der Waals surface area contributed by atoms with Gasteiger partial charge in [0.1, 0.15) is 0 Å². The number of hydrogen-bond donors (Lipinski definition) is 2. The molecule has 14 heteroatoms. The van der Waals surface area contributed by atoms with Crippen LogP contribution in [0.4, 0.5) is 26.3 Å². The Kier molecular flexibility index (Phi) is 11.4. The van der Waals surface area contributed by atoms with E-state index in [2.05, 4.69) is 33.5 Å². The lowest BCUT2D eigenvalue weighted by molar-refractivity contribution is -0.193. The van der Waals surface area contributed by atoms with Crippen molar-refractivity contribution in [3.05, 3.63) is 42.7 Å². The summed E-state index contributed by atoms with van der Waals surface area (Å²) < 4.78 is 69.3. The monoisotopic (exact) mass is 501 g/mol. The highest BCUT2D eigenvalue weighted by Crippen LogP contribution is 2.24. The van der Waals surface area contributed by atoms with Crippen molar-refractivity contribution < 1.29 is 50.9 Å². The summed E-state index contributed by atoms with van der Waals surface area (Å²) in [6.07, 6.45) is -4.93. The van der Waals surface area contributed by atoms with Crippen LogP contribution in [0.5, 0.6) is 0 Å². The number of ether oxygens (including phenoxy) is 1. The molecule has 3 heterocycles. The van der Waals surface area contributed by atoms with Gasteiger partial charge in [-0.2, -0.15) is 26.3 Å². The number of halogens is 6. The second-order valence-corrected chi connectivity index (χ2v) is 7.29. The first kappa shape index (κ1) is 29.3. The Bertz CT molecular complexity index is 767. The third-order valence-electron chi connectivity index (χ3n) is 4.71. The molecule has 192 valence electrons. The van der Waals surface area contributed by atoms with E-state index >= 15 is 0 Å². The van der Waals surface area contributed by atoms with Crippen molar-refractivity contribution in [3.8, 4) is 0 Å². The molecule has 8 nitrogen and oxygen atoms in total. The first-order chi connectivity index (χ1) is 15.7.